The van der Waals surface area contributed by atoms with E-state index in [0.717, 1.165) is 16.1 Å². The Morgan fingerprint density at radius 2 is 1.89 bits per heavy atom. The Kier molecular flexibility index (Phi) is 4.50. The third-order valence-corrected chi connectivity index (χ3v) is 6.47. The summed E-state index contributed by atoms with van der Waals surface area (Å²) in [6.07, 6.45) is 1.31. The number of hydrogen-bond acceptors (Lipinski definition) is 5. The van der Waals surface area contributed by atoms with Crippen molar-refractivity contribution in [3.05, 3.63) is 68.6 Å². The minimum absolute atomic E-state index is 0.0312. The molecule has 1 saturated heterocycles. The topological polar surface area (TPSA) is 92.0 Å². The van der Waals surface area contributed by atoms with Crippen LogP contribution in [-0.4, -0.2) is 44.4 Å². The molecule has 2 aromatic heterocycles. The molecule has 0 bridgehead atoms. The molecule has 7 nitrogen and oxygen atoms in total. The lowest BCUT2D eigenvalue weighted by atomic mass is 9.89. The minimum atomic E-state index is -0.946. The lowest BCUT2D eigenvalue weighted by molar-refractivity contribution is -0.141. The van der Waals surface area contributed by atoms with Gasteiger partial charge in [-0.25, -0.2) is 4.98 Å². The van der Waals surface area contributed by atoms with Gasteiger partial charge in [-0.2, -0.15) is 0 Å². The minimum Gasteiger partial charge on any atom is -0.481 e. The molecule has 4 rings (SSSR count). The molecule has 1 amide bonds. The first-order valence-corrected chi connectivity index (χ1v) is 9.75. The van der Waals surface area contributed by atoms with Crippen LogP contribution in [0.4, 0.5) is 0 Å². The molecule has 1 aliphatic heterocycles. The van der Waals surface area contributed by atoms with Gasteiger partial charge in [-0.3, -0.25) is 18.8 Å². The standard InChI is InChI=1S/C20H19N3O4S/c1-11-12(2)28-20-21-8-14(18(25)23(11)20)17(24)22-9-15(16(10-22)19(26)27)13-6-4-3-5-7-13/h3-8,15-16H,9-10H2,1-2H3,(H,26,27). The number of hydrogen-bond donors (Lipinski definition) is 1. The molecule has 144 valence electrons. The van der Waals surface area contributed by atoms with E-state index in [4.69, 9.17) is 0 Å². The lowest BCUT2D eigenvalue weighted by Crippen LogP contribution is -2.35. The van der Waals surface area contributed by atoms with Gasteiger partial charge in [-0.1, -0.05) is 30.3 Å². The highest BCUT2D eigenvalue weighted by Crippen LogP contribution is 2.33. The van der Waals surface area contributed by atoms with E-state index in [1.165, 1.54) is 26.8 Å². The summed E-state index contributed by atoms with van der Waals surface area (Å²) in [5.74, 6) is -2.44. The van der Waals surface area contributed by atoms with E-state index in [1.807, 2.05) is 44.2 Å². The number of benzene rings is 1. The average molecular weight is 397 g/mol. The summed E-state index contributed by atoms with van der Waals surface area (Å²) in [6, 6.07) is 9.31. The summed E-state index contributed by atoms with van der Waals surface area (Å²) in [4.78, 5) is 44.9. The molecule has 2 unspecified atom stereocenters. The molecule has 3 heterocycles. The number of rotatable bonds is 3. The van der Waals surface area contributed by atoms with Crippen molar-refractivity contribution in [2.75, 3.05) is 13.1 Å². The monoisotopic (exact) mass is 397 g/mol. The largest absolute Gasteiger partial charge is 0.481 e. The number of thiazole rings is 1. The van der Waals surface area contributed by atoms with Gasteiger partial charge in [0, 0.05) is 35.8 Å². The van der Waals surface area contributed by atoms with Crippen molar-refractivity contribution in [1.82, 2.24) is 14.3 Å². The van der Waals surface area contributed by atoms with E-state index in [2.05, 4.69) is 4.98 Å². The molecule has 1 fully saturated rings. The predicted octanol–water partition coefficient (Wildman–Crippen LogP) is 2.31. The van der Waals surface area contributed by atoms with E-state index < -0.39 is 23.4 Å². The van der Waals surface area contributed by atoms with Crippen molar-refractivity contribution >= 4 is 28.2 Å². The normalized spacial score (nSPS) is 19.3. The molecule has 28 heavy (non-hydrogen) atoms. The van der Waals surface area contributed by atoms with Crippen LogP contribution in [0.5, 0.6) is 0 Å². The van der Waals surface area contributed by atoms with Crippen molar-refractivity contribution in [3.8, 4) is 0 Å². The van der Waals surface area contributed by atoms with E-state index >= 15 is 0 Å². The smallest absolute Gasteiger partial charge is 0.308 e. The summed E-state index contributed by atoms with van der Waals surface area (Å²) in [5, 5.41) is 9.64. The SMILES string of the molecule is Cc1sc2ncc(C(=O)N3CC(C(=O)O)C(c4ccccc4)C3)c(=O)n2c1C. The third-order valence-electron chi connectivity index (χ3n) is 5.40. The van der Waals surface area contributed by atoms with Gasteiger partial charge >= 0.3 is 5.97 Å². The number of aliphatic carboxylic acids is 1. The van der Waals surface area contributed by atoms with E-state index in [-0.39, 0.29) is 24.6 Å². The third kappa shape index (κ3) is 2.90. The molecule has 8 heteroatoms. The quantitative estimate of drug-likeness (QED) is 0.732. The zero-order valence-corrected chi connectivity index (χ0v) is 16.3. The number of amides is 1. The van der Waals surface area contributed by atoms with Gasteiger partial charge in [0.15, 0.2) is 4.96 Å². The van der Waals surface area contributed by atoms with E-state index in [0.29, 0.717) is 4.96 Å². The molecule has 0 radical (unpaired) electrons. The molecule has 0 aliphatic carbocycles. The number of fused-ring (bicyclic) bond motifs is 1. The maximum Gasteiger partial charge on any atom is 0.308 e. The molecular formula is C20H19N3O4S. The number of aryl methyl sites for hydroxylation is 2. The molecule has 3 aromatic rings. The highest BCUT2D eigenvalue weighted by molar-refractivity contribution is 7.17. The Morgan fingerprint density at radius 3 is 2.57 bits per heavy atom. The van der Waals surface area contributed by atoms with Crippen LogP contribution in [0, 0.1) is 19.8 Å². The number of carbonyl (C=O) groups is 2. The second-order valence-corrected chi connectivity index (χ2v) is 8.19. The number of likely N-dealkylation sites (tertiary alicyclic amines) is 1. The number of carbonyl (C=O) groups excluding carboxylic acids is 1. The fourth-order valence-electron chi connectivity index (χ4n) is 3.75. The summed E-state index contributed by atoms with van der Waals surface area (Å²) in [6.45, 7) is 4.04. The fourth-order valence-corrected chi connectivity index (χ4v) is 4.68. The molecule has 0 spiro atoms. The van der Waals surface area contributed by atoms with Crippen LogP contribution in [0.25, 0.3) is 4.96 Å². The molecule has 2 atom stereocenters. The van der Waals surface area contributed by atoms with Crippen molar-refractivity contribution in [2.24, 2.45) is 5.92 Å². The zero-order chi connectivity index (χ0) is 20.0. The summed E-state index contributed by atoms with van der Waals surface area (Å²) in [5.41, 5.74) is 1.20. The maximum absolute atomic E-state index is 13.1. The average Bonchev–Trinajstić information content (AvgIpc) is 3.25. The number of nitrogens with zero attached hydrogens (tertiary/aromatic N) is 3. The van der Waals surface area contributed by atoms with Gasteiger partial charge in [0.2, 0.25) is 0 Å². The molecular weight excluding hydrogens is 378 g/mol. The molecule has 1 aromatic carbocycles. The second kappa shape index (κ2) is 6.87. The van der Waals surface area contributed by atoms with Crippen LogP contribution in [0.3, 0.4) is 0 Å². The van der Waals surface area contributed by atoms with Crippen LogP contribution in [0.2, 0.25) is 0 Å². The van der Waals surface area contributed by atoms with E-state index in [1.54, 1.807) is 0 Å². The first kappa shape index (κ1) is 18.4. The van der Waals surface area contributed by atoms with Crippen molar-refractivity contribution in [1.29, 1.82) is 0 Å². The Morgan fingerprint density at radius 1 is 1.18 bits per heavy atom. The fraction of sp³-hybridized carbons (Fsp3) is 0.300. The van der Waals surface area contributed by atoms with Gasteiger partial charge in [0.25, 0.3) is 11.5 Å². The van der Waals surface area contributed by atoms with Crippen LogP contribution in [0.1, 0.15) is 32.4 Å². The highest BCUT2D eigenvalue weighted by Gasteiger charge is 2.41. The Hall–Kier alpha value is -3.00. The molecule has 1 aliphatic rings. The van der Waals surface area contributed by atoms with Gasteiger partial charge < -0.3 is 10.0 Å². The van der Waals surface area contributed by atoms with Crippen LogP contribution < -0.4 is 5.56 Å². The van der Waals surface area contributed by atoms with Crippen LogP contribution in [-0.2, 0) is 4.79 Å². The van der Waals surface area contributed by atoms with Crippen LogP contribution in [0.15, 0.2) is 41.3 Å². The Balaban J connectivity index is 1.70. The van der Waals surface area contributed by atoms with Gasteiger partial charge in [0.1, 0.15) is 5.56 Å². The maximum atomic E-state index is 13.1. The second-order valence-electron chi connectivity index (χ2n) is 7.01. The van der Waals surface area contributed by atoms with Crippen molar-refractivity contribution in [2.45, 2.75) is 19.8 Å². The first-order chi connectivity index (χ1) is 13.4. The predicted molar refractivity (Wildman–Crippen MR) is 105 cm³/mol. The van der Waals surface area contributed by atoms with Crippen molar-refractivity contribution < 1.29 is 14.7 Å². The Labute approximate surface area is 164 Å². The van der Waals surface area contributed by atoms with E-state index in [9.17, 15) is 19.5 Å². The lowest BCUT2D eigenvalue weighted by Gasteiger charge is -2.16. The Bertz CT molecular complexity index is 1140. The number of aromatic nitrogens is 2. The summed E-state index contributed by atoms with van der Waals surface area (Å²) < 4.78 is 1.45. The van der Waals surface area contributed by atoms with Gasteiger partial charge in [-0.05, 0) is 19.4 Å². The van der Waals surface area contributed by atoms with Crippen LogP contribution >= 0.6 is 11.3 Å². The van der Waals surface area contributed by atoms with Gasteiger partial charge in [-0.15, -0.1) is 11.3 Å². The molecule has 0 saturated carbocycles. The molecule has 1 N–H and O–H groups in total. The highest BCUT2D eigenvalue weighted by atomic mass is 32.1. The van der Waals surface area contributed by atoms with Gasteiger partial charge in [0.05, 0.1) is 5.92 Å². The summed E-state index contributed by atoms with van der Waals surface area (Å²) in [7, 11) is 0. The number of carboxylic acid groups (broad SMARTS) is 1. The number of carboxylic acids is 1. The zero-order valence-electron chi connectivity index (χ0n) is 15.5. The van der Waals surface area contributed by atoms with Crippen molar-refractivity contribution in [3.63, 3.8) is 0 Å². The first-order valence-electron chi connectivity index (χ1n) is 8.93. The summed E-state index contributed by atoms with van der Waals surface area (Å²) >= 11 is 1.40.